The summed E-state index contributed by atoms with van der Waals surface area (Å²) in [6, 6.07) is 15.6. The van der Waals surface area contributed by atoms with Crippen LogP contribution >= 0.6 is 15.9 Å². The monoisotopic (exact) mass is 596 g/mol. The van der Waals surface area contributed by atoms with Gasteiger partial charge in [-0.15, -0.1) is 0 Å². The summed E-state index contributed by atoms with van der Waals surface area (Å²) >= 11 is 3.39. The van der Waals surface area contributed by atoms with Crippen molar-refractivity contribution in [3.05, 3.63) is 77.1 Å². The van der Waals surface area contributed by atoms with Crippen molar-refractivity contribution in [1.29, 1.82) is 5.26 Å². The van der Waals surface area contributed by atoms with E-state index in [2.05, 4.69) is 73.1 Å². The summed E-state index contributed by atoms with van der Waals surface area (Å²) in [5.74, 6) is 0.157. The standard InChI is InChI=1S/C29H28BrF3N6/c1-28(2)10-20(16-39(17-28)15-18-6-4-3-5-7-18)37-27-36-14-24(29(31,32)33)26(38-27)23-13-35-25-21(23)9-8-19(12-34)22(25)11-30/h3-9,13-14,20,35H,10-11,15-17H2,1-2H3,(H,36,37,38)/t20-/m0/s1. The molecular weight excluding hydrogens is 569 g/mol. The maximum absolute atomic E-state index is 14.1. The third-order valence-electron chi connectivity index (χ3n) is 7.08. The lowest BCUT2D eigenvalue weighted by Gasteiger charge is -2.42. The minimum atomic E-state index is -4.64. The van der Waals surface area contributed by atoms with E-state index in [1.807, 2.05) is 18.2 Å². The number of hydrogen-bond acceptors (Lipinski definition) is 5. The van der Waals surface area contributed by atoms with Gasteiger partial charge in [0.1, 0.15) is 5.56 Å². The molecule has 5 rings (SSSR count). The molecule has 1 aliphatic rings. The summed E-state index contributed by atoms with van der Waals surface area (Å²) in [7, 11) is 0. The number of halogens is 4. The Morgan fingerprint density at radius 2 is 1.97 bits per heavy atom. The van der Waals surface area contributed by atoms with E-state index in [1.165, 1.54) is 11.8 Å². The van der Waals surface area contributed by atoms with Gasteiger partial charge in [0, 0.05) is 59.9 Å². The number of nitrogens with zero attached hydrogens (tertiary/aromatic N) is 4. The van der Waals surface area contributed by atoms with Gasteiger partial charge in [-0.05, 0) is 23.5 Å². The predicted molar refractivity (Wildman–Crippen MR) is 149 cm³/mol. The Labute approximate surface area is 233 Å². The Bertz CT molecular complexity index is 1520. The van der Waals surface area contributed by atoms with Gasteiger partial charge in [0.2, 0.25) is 5.95 Å². The summed E-state index contributed by atoms with van der Waals surface area (Å²) in [4.78, 5) is 13.9. The SMILES string of the molecule is CC1(C)C[C@H](Nc2ncc(C(F)(F)F)c(-c3c[nH]c4c(CBr)c(C#N)ccc34)n2)CN(Cc2ccccc2)C1. The molecule has 2 N–H and O–H groups in total. The van der Waals surface area contributed by atoms with Crippen LogP contribution in [0.1, 0.15) is 42.5 Å². The fourth-order valence-electron chi connectivity index (χ4n) is 5.58. The number of H-pyrrole nitrogens is 1. The highest BCUT2D eigenvalue weighted by atomic mass is 79.9. The number of nitriles is 1. The quantitative estimate of drug-likeness (QED) is 0.232. The molecule has 6 nitrogen and oxygen atoms in total. The van der Waals surface area contributed by atoms with Crippen LogP contribution < -0.4 is 5.32 Å². The maximum Gasteiger partial charge on any atom is 0.419 e. The van der Waals surface area contributed by atoms with E-state index in [0.29, 0.717) is 32.9 Å². The molecule has 0 radical (unpaired) electrons. The molecule has 1 fully saturated rings. The average Bonchev–Trinajstić information content (AvgIpc) is 3.31. The number of aromatic amines is 1. The van der Waals surface area contributed by atoms with Gasteiger partial charge in [0.05, 0.1) is 22.8 Å². The first kappa shape index (κ1) is 27.2. The van der Waals surface area contributed by atoms with E-state index in [0.717, 1.165) is 32.3 Å². The topological polar surface area (TPSA) is 80.6 Å². The highest BCUT2D eigenvalue weighted by Crippen LogP contribution is 2.40. The number of rotatable bonds is 6. The Morgan fingerprint density at radius 1 is 1.21 bits per heavy atom. The average molecular weight is 597 g/mol. The lowest BCUT2D eigenvalue weighted by atomic mass is 9.81. The van der Waals surface area contributed by atoms with Crippen molar-refractivity contribution >= 4 is 32.8 Å². The van der Waals surface area contributed by atoms with Gasteiger partial charge >= 0.3 is 6.18 Å². The molecule has 1 saturated heterocycles. The summed E-state index contributed by atoms with van der Waals surface area (Å²) in [6.07, 6.45) is -1.43. The number of benzene rings is 2. The van der Waals surface area contributed by atoms with Crippen LogP contribution in [0.3, 0.4) is 0 Å². The second-order valence-electron chi connectivity index (χ2n) is 10.8. The van der Waals surface area contributed by atoms with Gasteiger partial charge in [-0.2, -0.15) is 18.4 Å². The van der Waals surface area contributed by atoms with Gasteiger partial charge in [-0.1, -0.05) is 66.2 Å². The van der Waals surface area contributed by atoms with E-state index in [1.54, 1.807) is 12.1 Å². The molecule has 2 aromatic carbocycles. The van der Waals surface area contributed by atoms with Crippen LogP contribution in [0.4, 0.5) is 19.1 Å². The number of fused-ring (bicyclic) bond motifs is 1. The molecule has 0 aliphatic carbocycles. The predicted octanol–water partition coefficient (Wildman–Crippen LogP) is 7.12. The lowest BCUT2D eigenvalue weighted by molar-refractivity contribution is -0.137. The Kier molecular flexibility index (Phi) is 7.40. The molecule has 4 aromatic rings. The fraction of sp³-hybridized carbons (Fsp3) is 0.345. The number of piperidine rings is 1. The van der Waals surface area contributed by atoms with E-state index < -0.39 is 11.7 Å². The minimum Gasteiger partial charge on any atom is -0.360 e. The zero-order valence-electron chi connectivity index (χ0n) is 21.6. The van der Waals surface area contributed by atoms with E-state index in [9.17, 15) is 18.4 Å². The molecule has 3 heterocycles. The van der Waals surface area contributed by atoms with Crippen LogP contribution in [-0.4, -0.2) is 39.0 Å². The van der Waals surface area contributed by atoms with Crippen LogP contribution in [0.2, 0.25) is 0 Å². The Balaban J connectivity index is 1.49. The van der Waals surface area contributed by atoms with Gasteiger partial charge in [-0.3, -0.25) is 4.90 Å². The first-order chi connectivity index (χ1) is 18.6. The van der Waals surface area contributed by atoms with Gasteiger partial charge in [-0.25, -0.2) is 9.97 Å². The molecule has 0 unspecified atom stereocenters. The molecule has 39 heavy (non-hydrogen) atoms. The second-order valence-corrected chi connectivity index (χ2v) is 11.3. The van der Waals surface area contributed by atoms with Crippen LogP contribution in [0.15, 0.2) is 54.9 Å². The number of nitrogens with one attached hydrogen (secondary N) is 2. The number of hydrogen-bond donors (Lipinski definition) is 2. The molecule has 2 aromatic heterocycles. The number of alkyl halides is 4. The molecule has 1 aliphatic heterocycles. The fourth-order valence-corrected chi connectivity index (χ4v) is 6.16. The van der Waals surface area contributed by atoms with Crippen molar-refractivity contribution in [2.24, 2.45) is 5.41 Å². The zero-order chi connectivity index (χ0) is 27.8. The Morgan fingerprint density at radius 3 is 2.67 bits per heavy atom. The molecule has 0 amide bonds. The second kappa shape index (κ2) is 10.6. The first-order valence-electron chi connectivity index (χ1n) is 12.6. The largest absolute Gasteiger partial charge is 0.419 e. The van der Waals surface area contributed by atoms with Crippen molar-refractivity contribution in [3.8, 4) is 17.3 Å². The number of aromatic nitrogens is 3. The van der Waals surface area contributed by atoms with Crippen molar-refractivity contribution in [2.75, 3.05) is 18.4 Å². The molecule has 0 spiro atoms. The molecule has 10 heteroatoms. The molecule has 1 atom stereocenters. The van der Waals surface area contributed by atoms with E-state index >= 15 is 0 Å². The van der Waals surface area contributed by atoms with Gasteiger partial charge in [0.15, 0.2) is 0 Å². The number of anilines is 1. The summed E-state index contributed by atoms with van der Waals surface area (Å²) in [5, 5.41) is 13.7. The van der Waals surface area contributed by atoms with Crippen LogP contribution in [0.5, 0.6) is 0 Å². The molecule has 202 valence electrons. The summed E-state index contributed by atoms with van der Waals surface area (Å²) in [6.45, 7) is 6.81. The van der Waals surface area contributed by atoms with Crippen molar-refractivity contribution < 1.29 is 13.2 Å². The Hall–Kier alpha value is -3.42. The van der Waals surface area contributed by atoms with E-state index in [-0.39, 0.29) is 23.1 Å². The molecule has 0 saturated carbocycles. The minimum absolute atomic E-state index is 0.000800. The zero-order valence-corrected chi connectivity index (χ0v) is 23.2. The van der Waals surface area contributed by atoms with Crippen LogP contribution in [0.25, 0.3) is 22.2 Å². The normalized spacial score (nSPS) is 17.7. The van der Waals surface area contributed by atoms with Gasteiger partial charge in [0.25, 0.3) is 0 Å². The van der Waals surface area contributed by atoms with Crippen molar-refractivity contribution in [1.82, 2.24) is 19.9 Å². The summed E-state index contributed by atoms with van der Waals surface area (Å²) < 4.78 is 42.3. The third-order valence-corrected chi connectivity index (χ3v) is 7.64. The van der Waals surface area contributed by atoms with Crippen LogP contribution in [-0.2, 0) is 18.1 Å². The smallest absolute Gasteiger partial charge is 0.360 e. The highest BCUT2D eigenvalue weighted by molar-refractivity contribution is 9.08. The highest BCUT2D eigenvalue weighted by Gasteiger charge is 2.37. The van der Waals surface area contributed by atoms with Crippen molar-refractivity contribution in [2.45, 2.75) is 44.4 Å². The van der Waals surface area contributed by atoms with Gasteiger partial charge < -0.3 is 10.3 Å². The third kappa shape index (κ3) is 5.80. The van der Waals surface area contributed by atoms with Crippen molar-refractivity contribution in [3.63, 3.8) is 0 Å². The lowest BCUT2D eigenvalue weighted by Crippen LogP contribution is -2.49. The van der Waals surface area contributed by atoms with Crippen LogP contribution in [0, 0.1) is 16.7 Å². The first-order valence-corrected chi connectivity index (χ1v) is 13.8. The van der Waals surface area contributed by atoms with E-state index in [4.69, 9.17) is 0 Å². The number of likely N-dealkylation sites (tertiary alicyclic amines) is 1. The molecular formula is C29H28BrF3N6. The molecule has 0 bridgehead atoms. The summed E-state index contributed by atoms with van der Waals surface area (Å²) in [5.41, 5.74) is 2.15. The maximum atomic E-state index is 14.1.